The van der Waals surface area contributed by atoms with Crippen molar-refractivity contribution >= 4 is 22.4 Å². The largest absolute Gasteiger partial charge is 0.497 e. The van der Waals surface area contributed by atoms with E-state index < -0.39 is 5.56 Å². The molecule has 0 N–H and O–H groups in total. The highest BCUT2D eigenvalue weighted by molar-refractivity contribution is 7.15. The van der Waals surface area contributed by atoms with Crippen LogP contribution >= 0.6 is 11.3 Å². The Labute approximate surface area is 212 Å². The maximum absolute atomic E-state index is 13.0. The lowest BCUT2D eigenvalue weighted by Gasteiger charge is -2.11. The van der Waals surface area contributed by atoms with Gasteiger partial charge in [-0.2, -0.15) is 14.6 Å². The Balaban J connectivity index is 1.59. The fourth-order valence-corrected chi connectivity index (χ4v) is 4.65. The number of hydrogen-bond acceptors (Lipinski definition) is 8. The van der Waals surface area contributed by atoms with Crippen LogP contribution in [0.5, 0.6) is 17.2 Å². The Morgan fingerprint density at radius 1 is 0.972 bits per heavy atom. The van der Waals surface area contributed by atoms with Gasteiger partial charge in [0.05, 0.1) is 25.4 Å². The molecule has 0 amide bonds. The van der Waals surface area contributed by atoms with Gasteiger partial charge >= 0.3 is 0 Å². The van der Waals surface area contributed by atoms with Crippen LogP contribution in [-0.2, 0) is 6.42 Å². The number of unbranched alkanes of at least 4 members (excludes halogenated alkanes) is 3. The van der Waals surface area contributed by atoms with Gasteiger partial charge < -0.3 is 14.2 Å². The molecule has 2 aromatic heterocycles. The summed E-state index contributed by atoms with van der Waals surface area (Å²) in [6.45, 7) is 2.81. The van der Waals surface area contributed by atoms with E-state index in [9.17, 15) is 9.59 Å². The third-order valence-electron chi connectivity index (χ3n) is 5.72. The maximum atomic E-state index is 13.0. The van der Waals surface area contributed by atoms with Crippen LogP contribution in [0.2, 0.25) is 0 Å². The number of ether oxygens (including phenoxy) is 3. The second-order valence-corrected chi connectivity index (χ2v) is 9.33. The van der Waals surface area contributed by atoms with Gasteiger partial charge in [0, 0.05) is 6.42 Å². The lowest BCUT2D eigenvalue weighted by molar-refractivity contribution is 0.285. The lowest BCUT2D eigenvalue weighted by atomic mass is 10.1. The van der Waals surface area contributed by atoms with E-state index in [0.717, 1.165) is 41.1 Å². The molecule has 0 aliphatic heterocycles. The quantitative estimate of drug-likeness (QED) is 0.286. The highest BCUT2D eigenvalue weighted by Crippen LogP contribution is 2.28. The number of aromatic nitrogens is 3. The third-order valence-corrected chi connectivity index (χ3v) is 6.68. The van der Waals surface area contributed by atoms with E-state index in [2.05, 4.69) is 17.0 Å². The highest BCUT2D eigenvalue weighted by Gasteiger charge is 2.12. The molecule has 0 aliphatic carbocycles. The Hall–Kier alpha value is -3.72. The van der Waals surface area contributed by atoms with Crippen molar-refractivity contribution in [3.63, 3.8) is 0 Å². The van der Waals surface area contributed by atoms with Crippen LogP contribution in [0.4, 0.5) is 0 Å². The smallest absolute Gasteiger partial charge is 0.296 e. The molecule has 0 fully saturated rings. The first-order valence-corrected chi connectivity index (χ1v) is 12.7. The number of benzene rings is 2. The molecular weight excluding hydrogens is 478 g/mol. The standard InChI is InChI=1S/C27H29N3O5S/c1-4-5-6-7-14-35-22-13-10-19(16-23(22)34-3)17-24-26(32)30-27(36-24)28-25(31)21(29-30)15-18-8-11-20(33-2)12-9-18/h8-13,16-17H,4-7,14-15H2,1-3H3/b24-17-. The molecule has 0 saturated heterocycles. The second-order valence-electron chi connectivity index (χ2n) is 8.32. The van der Waals surface area contributed by atoms with Crippen molar-refractivity contribution in [3.8, 4) is 17.2 Å². The SMILES string of the molecule is CCCCCCOc1ccc(/C=c2\sc3nc(=O)c(Cc4ccc(OC)cc4)nn3c2=O)cc1OC. The molecule has 36 heavy (non-hydrogen) atoms. The van der Waals surface area contributed by atoms with Crippen LogP contribution in [0.1, 0.15) is 49.4 Å². The van der Waals surface area contributed by atoms with Crippen LogP contribution in [0.25, 0.3) is 11.0 Å². The average molecular weight is 508 g/mol. The van der Waals surface area contributed by atoms with Gasteiger partial charge in [0.15, 0.2) is 11.5 Å². The molecular formula is C27H29N3O5S. The van der Waals surface area contributed by atoms with Crippen molar-refractivity contribution in [1.82, 2.24) is 14.6 Å². The molecule has 2 heterocycles. The molecule has 0 spiro atoms. The Bertz CT molecular complexity index is 1500. The lowest BCUT2D eigenvalue weighted by Crippen LogP contribution is -2.28. The third kappa shape index (κ3) is 5.91. The molecule has 4 rings (SSSR count). The van der Waals surface area contributed by atoms with E-state index >= 15 is 0 Å². The molecule has 188 valence electrons. The monoisotopic (exact) mass is 507 g/mol. The number of rotatable bonds is 11. The van der Waals surface area contributed by atoms with Gasteiger partial charge in [-0.05, 0) is 47.9 Å². The summed E-state index contributed by atoms with van der Waals surface area (Å²) < 4.78 is 18.2. The zero-order valence-electron chi connectivity index (χ0n) is 20.7. The molecule has 0 aliphatic rings. The van der Waals surface area contributed by atoms with Crippen molar-refractivity contribution in [2.45, 2.75) is 39.0 Å². The number of fused-ring (bicyclic) bond motifs is 1. The first-order chi connectivity index (χ1) is 17.5. The molecule has 4 aromatic rings. The van der Waals surface area contributed by atoms with E-state index in [1.165, 1.54) is 17.4 Å². The summed E-state index contributed by atoms with van der Waals surface area (Å²) in [5.41, 5.74) is 1.09. The van der Waals surface area contributed by atoms with E-state index in [0.29, 0.717) is 22.6 Å². The molecule has 8 nitrogen and oxygen atoms in total. The highest BCUT2D eigenvalue weighted by atomic mass is 32.1. The minimum Gasteiger partial charge on any atom is -0.497 e. The molecule has 9 heteroatoms. The minimum atomic E-state index is -0.444. The van der Waals surface area contributed by atoms with Crippen LogP contribution in [-0.4, -0.2) is 35.4 Å². The van der Waals surface area contributed by atoms with Crippen molar-refractivity contribution in [2.75, 3.05) is 20.8 Å². The van der Waals surface area contributed by atoms with Crippen LogP contribution in [0, 0.1) is 0 Å². The zero-order chi connectivity index (χ0) is 25.5. The number of thiazole rings is 1. The Morgan fingerprint density at radius 3 is 2.50 bits per heavy atom. The van der Waals surface area contributed by atoms with Gasteiger partial charge in [-0.1, -0.05) is 55.7 Å². The summed E-state index contributed by atoms with van der Waals surface area (Å²) in [6, 6.07) is 12.9. The summed E-state index contributed by atoms with van der Waals surface area (Å²) >= 11 is 1.12. The van der Waals surface area contributed by atoms with E-state index in [-0.39, 0.29) is 22.6 Å². The van der Waals surface area contributed by atoms with Crippen molar-refractivity contribution in [1.29, 1.82) is 0 Å². The molecule has 0 saturated carbocycles. The Kier molecular flexibility index (Phi) is 8.32. The maximum Gasteiger partial charge on any atom is 0.296 e. The summed E-state index contributed by atoms with van der Waals surface area (Å²) in [6.07, 6.45) is 6.51. The molecule has 0 bridgehead atoms. The fraction of sp³-hybridized carbons (Fsp3) is 0.333. The number of nitrogens with zero attached hydrogens (tertiary/aromatic N) is 3. The minimum absolute atomic E-state index is 0.209. The zero-order valence-corrected chi connectivity index (χ0v) is 21.5. The van der Waals surface area contributed by atoms with Crippen LogP contribution in [0.3, 0.4) is 0 Å². The molecule has 0 atom stereocenters. The first kappa shape index (κ1) is 25.4. The summed E-state index contributed by atoms with van der Waals surface area (Å²) in [5.74, 6) is 1.99. The molecule has 0 unspecified atom stereocenters. The Morgan fingerprint density at radius 2 is 1.78 bits per heavy atom. The summed E-state index contributed by atoms with van der Waals surface area (Å²) in [7, 11) is 3.18. The topological polar surface area (TPSA) is 92.0 Å². The van der Waals surface area contributed by atoms with Gasteiger partial charge in [-0.15, -0.1) is 0 Å². The van der Waals surface area contributed by atoms with E-state index in [1.807, 2.05) is 42.5 Å². The normalized spacial score (nSPS) is 11.7. The predicted molar refractivity (Wildman–Crippen MR) is 141 cm³/mol. The predicted octanol–water partition coefficient (Wildman–Crippen LogP) is 3.63. The number of hydrogen-bond donors (Lipinski definition) is 0. The first-order valence-electron chi connectivity index (χ1n) is 11.9. The van der Waals surface area contributed by atoms with Crippen molar-refractivity contribution < 1.29 is 14.2 Å². The van der Waals surface area contributed by atoms with Crippen molar-refractivity contribution in [3.05, 3.63) is 84.5 Å². The van der Waals surface area contributed by atoms with E-state index in [1.54, 1.807) is 20.3 Å². The van der Waals surface area contributed by atoms with Crippen LogP contribution < -0.4 is 29.9 Å². The summed E-state index contributed by atoms with van der Waals surface area (Å²) in [4.78, 5) is 30.0. The summed E-state index contributed by atoms with van der Waals surface area (Å²) in [5, 5.41) is 4.32. The molecule has 0 radical (unpaired) electrons. The van der Waals surface area contributed by atoms with Gasteiger partial charge in [0.1, 0.15) is 11.4 Å². The molecule has 2 aromatic carbocycles. The van der Waals surface area contributed by atoms with Gasteiger partial charge in [-0.25, -0.2) is 0 Å². The second kappa shape index (κ2) is 11.8. The van der Waals surface area contributed by atoms with Crippen LogP contribution in [0.15, 0.2) is 52.1 Å². The van der Waals surface area contributed by atoms with Gasteiger partial charge in [0.25, 0.3) is 11.1 Å². The fourth-order valence-electron chi connectivity index (χ4n) is 3.74. The van der Waals surface area contributed by atoms with Gasteiger partial charge in [0.2, 0.25) is 4.96 Å². The average Bonchev–Trinajstić information content (AvgIpc) is 3.18. The number of methoxy groups -OCH3 is 2. The van der Waals surface area contributed by atoms with Gasteiger partial charge in [-0.3, -0.25) is 9.59 Å². The van der Waals surface area contributed by atoms with E-state index in [4.69, 9.17) is 14.2 Å². The van der Waals surface area contributed by atoms with Crippen molar-refractivity contribution in [2.24, 2.45) is 0 Å².